The van der Waals surface area contributed by atoms with Gasteiger partial charge in [-0.3, -0.25) is 4.79 Å². The predicted octanol–water partition coefficient (Wildman–Crippen LogP) is 3.55. The van der Waals surface area contributed by atoms with Crippen LogP contribution < -0.4 is 29.1 Å². The van der Waals surface area contributed by atoms with Gasteiger partial charge in [-0.1, -0.05) is 6.07 Å². The van der Waals surface area contributed by atoms with Crippen LogP contribution in [-0.2, 0) is 0 Å². The van der Waals surface area contributed by atoms with Crippen molar-refractivity contribution >= 4 is 21.9 Å². The number of phenolic OH excluding ortho intramolecular Hbond substituents is 1. The molecule has 2 atom stereocenters. The average Bonchev–Trinajstić information content (AvgIpc) is 2.87. The normalized spacial score (nSPS) is 17.1. The van der Waals surface area contributed by atoms with Crippen LogP contribution in [0.15, 0.2) is 51.7 Å². The number of benzene rings is 3. The molecule has 0 saturated carbocycles. The third kappa shape index (κ3) is 3.32. The van der Waals surface area contributed by atoms with Crippen LogP contribution in [0.25, 0.3) is 21.9 Å². The van der Waals surface area contributed by atoms with Crippen LogP contribution in [0.1, 0.15) is 11.7 Å². The highest BCUT2D eigenvalue weighted by Crippen LogP contribution is 2.50. The van der Waals surface area contributed by atoms with E-state index in [1.165, 1.54) is 27.4 Å². The van der Waals surface area contributed by atoms with Crippen molar-refractivity contribution in [1.29, 1.82) is 0 Å². The van der Waals surface area contributed by atoms with Gasteiger partial charge in [0, 0.05) is 11.6 Å². The molecule has 1 aliphatic rings. The van der Waals surface area contributed by atoms with E-state index in [0.29, 0.717) is 22.3 Å². The van der Waals surface area contributed by atoms with E-state index in [4.69, 9.17) is 28.1 Å². The number of aliphatic hydroxyl groups is 1. The molecule has 9 nitrogen and oxygen atoms in total. The smallest absolute Gasteiger partial charge is 0.209 e. The van der Waals surface area contributed by atoms with Gasteiger partial charge in [-0.05, 0) is 30.3 Å². The standard InChI is InChI=1S/C25H22O9/c1-29-13-5-6-14-17(9-13)32-23-15(21(14)28)10-19(31-3)24-25(23)33-20(11-26)22(34-24)12-4-7-16(27)18(8-12)30-2/h4-10,20,22,26-27H,11H2,1-3H3/t20-,22-/m0/s1. The maximum Gasteiger partial charge on any atom is 0.209 e. The van der Waals surface area contributed by atoms with Crippen molar-refractivity contribution in [2.24, 2.45) is 0 Å². The third-order valence-corrected chi connectivity index (χ3v) is 5.83. The lowest BCUT2D eigenvalue weighted by Gasteiger charge is -2.34. The fraction of sp³-hybridized carbons (Fsp3) is 0.240. The molecule has 0 amide bonds. The lowest BCUT2D eigenvalue weighted by molar-refractivity contribution is -0.0134. The highest BCUT2D eigenvalue weighted by atomic mass is 16.6. The SMILES string of the molecule is COc1ccc2c(=O)c3cc(OC)c4c(c3oc2c1)O[C@@H](CO)[C@H](c1ccc(O)c(OC)c1)O4. The molecule has 0 unspecified atom stereocenters. The molecule has 1 aliphatic heterocycles. The predicted molar refractivity (Wildman–Crippen MR) is 123 cm³/mol. The van der Waals surface area contributed by atoms with E-state index in [-0.39, 0.29) is 45.1 Å². The number of methoxy groups -OCH3 is 3. The Hall–Kier alpha value is -4.11. The summed E-state index contributed by atoms with van der Waals surface area (Å²) in [5.41, 5.74) is 0.821. The Balaban J connectivity index is 1.72. The summed E-state index contributed by atoms with van der Waals surface area (Å²) in [5.74, 6) is 1.40. The molecule has 0 aliphatic carbocycles. The van der Waals surface area contributed by atoms with Crippen molar-refractivity contribution in [3.8, 4) is 34.5 Å². The minimum Gasteiger partial charge on any atom is -0.504 e. The lowest BCUT2D eigenvalue weighted by atomic mass is 10.0. The summed E-state index contributed by atoms with van der Waals surface area (Å²) in [6.07, 6.45) is -1.60. The van der Waals surface area contributed by atoms with Crippen molar-refractivity contribution in [1.82, 2.24) is 0 Å². The Morgan fingerprint density at radius 1 is 0.882 bits per heavy atom. The summed E-state index contributed by atoms with van der Waals surface area (Å²) >= 11 is 0. The molecular formula is C25H22O9. The van der Waals surface area contributed by atoms with Crippen molar-refractivity contribution in [3.63, 3.8) is 0 Å². The van der Waals surface area contributed by atoms with Crippen LogP contribution in [0.4, 0.5) is 0 Å². The van der Waals surface area contributed by atoms with Gasteiger partial charge < -0.3 is 38.3 Å². The second kappa shape index (κ2) is 8.35. The van der Waals surface area contributed by atoms with E-state index in [2.05, 4.69) is 0 Å². The molecule has 2 heterocycles. The van der Waals surface area contributed by atoms with Crippen LogP contribution in [0.2, 0.25) is 0 Å². The van der Waals surface area contributed by atoms with E-state index < -0.39 is 18.8 Å². The Kier molecular flexibility index (Phi) is 5.33. The maximum absolute atomic E-state index is 13.2. The van der Waals surface area contributed by atoms with Gasteiger partial charge in [0.15, 0.2) is 35.0 Å². The Morgan fingerprint density at radius 2 is 1.68 bits per heavy atom. The van der Waals surface area contributed by atoms with Crippen LogP contribution in [0.5, 0.6) is 34.5 Å². The number of hydrogen-bond acceptors (Lipinski definition) is 9. The van der Waals surface area contributed by atoms with E-state index >= 15 is 0 Å². The fourth-order valence-corrected chi connectivity index (χ4v) is 4.10. The first-order chi connectivity index (χ1) is 16.5. The lowest BCUT2D eigenvalue weighted by Crippen LogP contribution is -2.36. The quantitative estimate of drug-likeness (QED) is 0.426. The maximum atomic E-state index is 13.2. The number of hydrogen-bond donors (Lipinski definition) is 2. The largest absolute Gasteiger partial charge is 0.504 e. The molecule has 0 saturated heterocycles. The number of fused-ring (bicyclic) bond motifs is 4. The summed E-state index contributed by atoms with van der Waals surface area (Å²) in [7, 11) is 4.41. The summed E-state index contributed by atoms with van der Waals surface area (Å²) in [4.78, 5) is 13.2. The molecule has 2 N–H and O–H groups in total. The number of ether oxygens (including phenoxy) is 5. The summed E-state index contributed by atoms with van der Waals surface area (Å²) in [6.45, 7) is -0.391. The molecule has 9 heteroatoms. The van der Waals surface area contributed by atoms with Gasteiger partial charge in [0.2, 0.25) is 16.9 Å². The summed E-state index contributed by atoms with van der Waals surface area (Å²) in [5, 5.41) is 20.7. The molecule has 1 aromatic heterocycles. The fourth-order valence-electron chi connectivity index (χ4n) is 4.10. The van der Waals surface area contributed by atoms with Crippen molar-refractivity contribution in [3.05, 3.63) is 58.3 Å². The number of aromatic hydroxyl groups is 1. The zero-order valence-electron chi connectivity index (χ0n) is 18.7. The molecule has 5 rings (SSSR count). The van der Waals surface area contributed by atoms with Crippen molar-refractivity contribution in [2.75, 3.05) is 27.9 Å². The molecule has 4 aromatic rings. The molecule has 0 radical (unpaired) electrons. The monoisotopic (exact) mass is 466 g/mol. The van der Waals surface area contributed by atoms with Crippen LogP contribution in [-0.4, -0.2) is 44.3 Å². The van der Waals surface area contributed by atoms with Crippen LogP contribution in [0.3, 0.4) is 0 Å². The molecule has 176 valence electrons. The van der Waals surface area contributed by atoms with Gasteiger partial charge >= 0.3 is 0 Å². The average molecular weight is 466 g/mol. The molecule has 0 spiro atoms. The topological polar surface area (TPSA) is 117 Å². The van der Waals surface area contributed by atoms with Crippen LogP contribution in [0, 0.1) is 0 Å². The van der Waals surface area contributed by atoms with Gasteiger partial charge in [-0.25, -0.2) is 0 Å². The van der Waals surface area contributed by atoms with Gasteiger partial charge in [0.05, 0.1) is 38.7 Å². The first-order valence-electron chi connectivity index (χ1n) is 10.5. The number of aliphatic hydroxyl groups excluding tert-OH is 1. The number of rotatable bonds is 5. The Bertz CT molecular complexity index is 1460. The first kappa shape index (κ1) is 21.7. The minimum absolute atomic E-state index is 0.0309. The molecule has 3 aromatic carbocycles. The van der Waals surface area contributed by atoms with Gasteiger partial charge in [-0.2, -0.15) is 0 Å². The molecule has 34 heavy (non-hydrogen) atoms. The summed E-state index contributed by atoms with van der Waals surface area (Å²) in [6, 6.07) is 11.2. The molecule has 0 fully saturated rings. The van der Waals surface area contributed by atoms with Gasteiger partial charge in [0.25, 0.3) is 0 Å². The van der Waals surface area contributed by atoms with E-state index in [1.54, 1.807) is 36.4 Å². The molecular weight excluding hydrogens is 444 g/mol. The van der Waals surface area contributed by atoms with Gasteiger partial charge in [-0.15, -0.1) is 0 Å². The minimum atomic E-state index is -0.844. The first-order valence-corrected chi connectivity index (χ1v) is 10.5. The summed E-state index contributed by atoms with van der Waals surface area (Å²) < 4.78 is 34.4. The molecule has 0 bridgehead atoms. The highest BCUT2D eigenvalue weighted by Gasteiger charge is 2.37. The zero-order chi connectivity index (χ0) is 24.0. The van der Waals surface area contributed by atoms with Crippen molar-refractivity contribution < 1.29 is 38.3 Å². The number of phenols is 1. The second-order valence-corrected chi connectivity index (χ2v) is 7.72. The van der Waals surface area contributed by atoms with E-state index in [1.807, 2.05) is 0 Å². The Morgan fingerprint density at radius 3 is 2.38 bits per heavy atom. The van der Waals surface area contributed by atoms with Crippen LogP contribution >= 0.6 is 0 Å². The highest BCUT2D eigenvalue weighted by molar-refractivity contribution is 5.95. The van der Waals surface area contributed by atoms with E-state index in [0.717, 1.165) is 0 Å². The Labute approximate surface area is 193 Å². The van der Waals surface area contributed by atoms with Gasteiger partial charge in [0.1, 0.15) is 11.3 Å². The second-order valence-electron chi connectivity index (χ2n) is 7.72. The van der Waals surface area contributed by atoms with Crippen molar-refractivity contribution in [2.45, 2.75) is 12.2 Å². The zero-order valence-corrected chi connectivity index (χ0v) is 18.7. The third-order valence-electron chi connectivity index (χ3n) is 5.83. The van der Waals surface area contributed by atoms with E-state index in [9.17, 15) is 15.0 Å².